The maximum atomic E-state index is 11.8. The Morgan fingerprint density at radius 3 is 3.16 bits per heavy atom. The van der Waals surface area contributed by atoms with Crippen LogP contribution in [0.1, 0.15) is 45.7 Å². The third-order valence-corrected chi connectivity index (χ3v) is 3.40. The summed E-state index contributed by atoms with van der Waals surface area (Å²) in [6.45, 7) is 1.98. The summed E-state index contributed by atoms with van der Waals surface area (Å²) in [5.74, 6) is 0. The molecule has 2 N–H and O–H groups in total. The van der Waals surface area contributed by atoms with Gasteiger partial charge in [0.2, 0.25) is 0 Å². The average molecular weight is 270 g/mol. The summed E-state index contributed by atoms with van der Waals surface area (Å²) in [5.41, 5.74) is -0.498. The van der Waals surface area contributed by atoms with E-state index in [0.29, 0.717) is 25.3 Å². The van der Waals surface area contributed by atoms with Crippen molar-refractivity contribution < 1.29 is 11.2 Å². The van der Waals surface area contributed by atoms with E-state index in [1.165, 1.54) is 10.8 Å². The zero-order chi connectivity index (χ0) is 14.7. The van der Waals surface area contributed by atoms with E-state index in [9.17, 15) is 14.7 Å². The lowest BCUT2D eigenvalue weighted by Crippen LogP contribution is -2.33. The Labute approximate surface area is 112 Å². The van der Waals surface area contributed by atoms with Crippen molar-refractivity contribution in [2.45, 2.75) is 57.9 Å². The molecule has 6 heteroatoms. The van der Waals surface area contributed by atoms with Crippen molar-refractivity contribution in [2.75, 3.05) is 0 Å². The molecule has 1 aromatic rings. The van der Waals surface area contributed by atoms with E-state index in [4.69, 9.17) is 6.11 Å². The summed E-state index contributed by atoms with van der Waals surface area (Å²) in [5, 5.41) is 9.98. The predicted molar refractivity (Wildman–Crippen MR) is 70.1 cm³/mol. The largest absolute Gasteiger partial charge is 0.390 e. The van der Waals surface area contributed by atoms with E-state index in [0.717, 1.165) is 12.8 Å². The van der Waals surface area contributed by atoms with Gasteiger partial charge in [-0.25, -0.2) is 4.79 Å². The fourth-order valence-electron chi connectivity index (χ4n) is 2.29. The molecular weight excluding hydrogens is 248 g/mol. The lowest BCUT2D eigenvalue weighted by molar-refractivity contribution is -0.0251. The van der Waals surface area contributed by atoms with Crippen LogP contribution in [0.5, 0.6) is 0 Å². The van der Waals surface area contributed by atoms with Gasteiger partial charge in [0.15, 0.2) is 0 Å². The van der Waals surface area contributed by atoms with Crippen LogP contribution in [0, 0.1) is 6.92 Å². The highest BCUT2D eigenvalue weighted by atomic mass is 16.5. The van der Waals surface area contributed by atoms with Crippen LogP contribution in [-0.4, -0.2) is 26.9 Å². The number of hydrogen-bond donors (Lipinski definition) is 2. The van der Waals surface area contributed by atoms with Crippen LogP contribution >= 0.6 is 0 Å². The molecule has 2 rings (SSSR count). The number of ether oxygens (including phenoxy) is 1. The molecule has 1 aliphatic heterocycles. The van der Waals surface area contributed by atoms with Crippen molar-refractivity contribution in [2.24, 2.45) is 0 Å². The lowest BCUT2D eigenvalue weighted by Gasteiger charge is -2.16. The molecule has 0 radical (unpaired) electrons. The number of nitrogens with one attached hydrogen (secondary N) is 1. The Morgan fingerprint density at radius 2 is 2.42 bits per heavy atom. The van der Waals surface area contributed by atoms with Crippen LogP contribution in [0.4, 0.5) is 0 Å². The zero-order valence-electron chi connectivity index (χ0n) is 12.0. The number of aromatic nitrogens is 2. The van der Waals surface area contributed by atoms with Gasteiger partial charge < -0.3 is 9.84 Å². The van der Waals surface area contributed by atoms with Gasteiger partial charge in [-0.15, -0.1) is 0 Å². The lowest BCUT2D eigenvalue weighted by atomic mass is 10.1. The molecule has 1 aromatic heterocycles. The van der Waals surface area contributed by atoms with Crippen molar-refractivity contribution in [1.82, 2.24) is 9.55 Å². The number of nitrogens with zero attached hydrogens (tertiary/aromatic N) is 1. The van der Waals surface area contributed by atoms with Gasteiger partial charge in [-0.05, 0) is 13.3 Å². The van der Waals surface area contributed by atoms with Crippen molar-refractivity contribution in [3.05, 3.63) is 32.6 Å². The van der Waals surface area contributed by atoms with Crippen LogP contribution in [0.25, 0.3) is 0 Å². The molecule has 6 nitrogen and oxygen atoms in total. The second-order valence-electron chi connectivity index (χ2n) is 4.91. The summed E-state index contributed by atoms with van der Waals surface area (Å²) < 4.78 is 14.1. The summed E-state index contributed by atoms with van der Waals surface area (Å²) in [4.78, 5) is 25.3. The highest BCUT2D eigenvalue weighted by molar-refractivity contribution is 5.02. The molecule has 0 aromatic carbocycles. The third kappa shape index (κ3) is 2.96. The molecule has 0 saturated carbocycles. The van der Waals surface area contributed by atoms with Crippen LogP contribution in [0.15, 0.2) is 15.8 Å². The first kappa shape index (κ1) is 12.6. The van der Waals surface area contributed by atoms with Crippen molar-refractivity contribution in [3.8, 4) is 0 Å². The van der Waals surface area contributed by atoms with Crippen LogP contribution < -0.4 is 11.2 Å². The predicted octanol–water partition coefficient (Wildman–Crippen LogP) is 0.684. The highest BCUT2D eigenvalue weighted by Gasteiger charge is 2.34. The molecule has 19 heavy (non-hydrogen) atoms. The molecule has 0 amide bonds. The normalized spacial score (nSPS) is 27.5. The Kier molecular flexibility index (Phi) is 3.79. The van der Waals surface area contributed by atoms with Gasteiger partial charge in [0.25, 0.3) is 5.56 Å². The maximum Gasteiger partial charge on any atom is 0.330 e. The minimum atomic E-state index is -0.620. The molecule has 0 bridgehead atoms. The van der Waals surface area contributed by atoms with E-state index in [-0.39, 0.29) is 6.10 Å². The molecule has 2 heterocycles. The van der Waals surface area contributed by atoms with Gasteiger partial charge in [0.1, 0.15) is 6.23 Å². The second-order valence-corrected chi connectivity index (χ2v) is 4.91. The molecule has 1 aliphatic rings. The number of H-pyrrole nitrogens is 1. The number of aryl methyl sites for hydroxylation is 1. The number of aliphatic hydroxyl groups excluding tert-OH is 1. The van der Waals surface area contributed by atoms with Crippen LogP contribution in [-0.2, 0) is 4.74 Å². The van der Waals surface area contributed by atoms with Gasteiger partial charge in [0, 0.05) is 19.6 Å². The smallest absolute Gasteiger partial charge is 0.330 e. The Balaban J connectivity index is 2.10. The summed E-state index contributed by atoms with van der Waals surface area (Å²) in [6.07, 6.45) is 2.58. The van der Waals surface area contributed by atoms with Gasteiger partial charge in [-0.1, -0.05) is 19.7 Å². The molecule has 1 fully saturated rings. The van der Waals surface area contributed by atoms with Gasteiger partial charge in [-0.2, -0.15) is 0 Å². The fourth-order valence-corrected chi connectivity index (χ4v) is 2.29. The van der Waals surface area contributed by atoms with Crippen LogP contribution in [0.3, 0.4) is 0 Å². The maximum absolute atomic E-state index is 11.8. The molecule has 0 aliphatic carbocycles. The Hall–Kier alpha value is -1.40. The number of unbranched alkanes of at least 4 members (excludes halogenated alkanes) is 1. The minimum absolute atomic E-state index is 0.314. The van der Waals surface area contributed by atoms with Gasteiger partial charge >= 0.3 is 5.69 Å². The molecule has 0 unspecified atom stereocenters. The van der Waals surface area contributed by atoms with E-state index < -0.39 is 23.6 Å². The topological polar surface area (TPSA) is 84.3 Å². The Morgan fingerprint density at radius 1 is 1.63 bits per heavy atom. The minimum Gasteiger partial charge on any atom is -0.390 e. The van der Waals surface area contributed by atoms with Crippen molar-refractivity contribution in [1.29, 1.82) is 0 Å². The standard InChI is InChI=1S/C13H20N2O4/c1-3-4-5-10-9(16)6-11(19-10)15-7-8(2)12(17)14-13(15)18/h7,9-11,16H,3-6H2,1-2H3,(H,14,17,18)/t9-,10+,11+/m0/s1/i1T. The number of aliphatic hydroxyl groups is 1. The first-order chi connectivity index (χ1) is 9.52. The van der Waals surface area contributed by atoms with Crippen molar-refractivity contribution >= 4 is 0 Å². The summed E-state index contributed by atoms with van der Waals surface area (Å²) in [6, 6.07) is 0. The molecular formula is C13H20N2O4. The van der Waals surface area contributed by atoms with E-state index in [1.54, 1.807) is 6.92 Å². The molecule has 1 saturated heterocycles. The number of rotatable bonds is 4. The number of hydrogen-bond acceptors (Lipinski definition) is 4. The SMILES string of the molecule is [3H]CCCC[C@H]1O[C@@H](n2cc(C)c(=O)[nH]c2=O)C[C@@H]1O. The first-order valence-corrected chi connectivity index (χ1v) is 6.47. The van der Waals surface area contributed by atoms with Gasteiger partial charge in [0.05, 0.1) is 12.2 Å². The fraction of sp³-hybridized carbons (Fsp3) is 0.692. The summed E-state index contributed by atoms with van der Waals surface area (Å²) in [7, 11) is 0. The van der Waals surface area contributed by atoms with E-state index in [2.05, 4.69) is 4.98 Å². The summed E-state index contributed by atoms with van der Waals surface area (Å²) >= 11 is 0. The zero-order valence-corrected chi connectivity index (χ0v) is 11.0. The van der Waals surface area contributed by atoms with Crippen LogP contribution in [0.2, 0.25) is 0 Å². The third-order valence-electron chi connectivity index (χ3n) is 3.40. The quantitative estimate of drug-likeness (QED) is 0.788. The molecule has 0 spiro atoms. The molecule has 3 atom stereocenters. The van der Waals surface area contributed by atoms with Gasteiger partial charge in [-0.3, -0.25) is 14.3 Å². The van der Waals surface area contributed by atoms with E-state index in [1.807, 2.05) is 0 Å². The average Bonchev–Trinajstić information content (AvgIpc) is 2.76. The first-order valence-electron chi connectivity index (χ1n) is 7.18. The number of aromatic amines is 1. The van der Waals surface area contributed by atoms with E-state index >= 15 is 0 Å². The molecule has 106 valence electrons. The Bertz CT molecular complexity index is 568. The highest BCUT2D eigenvalue weighted by Crippen LogP contribution is 2.30. The monoisotopic (exact) mass is 270 g/mol. The van der Waals surface area contributed by atoms with Crippen molar-refractivity contribution in [3.63, 3.8) is 0 Å². The second kappa shape index (κ2) is 5.71.